The second-order valence-corrected chi connectivity index (χ2v) is 10.5. The van der Waals surface area contributed by atoms with E-state index in [1.807, 2.05) is 47.6 Å². The number of benzene rings is 2. The Balaban J connectivity index is 0.000000331. The summed E-state index contributed by atoms with van der Waals surface area (Å²) in [6.07, 6.45) is 5.12. The monoisotopic (exact) mass is 503 g/mol. The van der Waals surface area contributed by atoms with Crippen molar-refractivity contribution in [2.45, 2.75) is 73.1 Å². The van der Waals surface area contributed by atoms with Crippen molar-refractivity contribution in [2.75, 3.05) is 0 Å². The molecule has 34 heavy (non-hydrogen) atoms. The van der Waals surface area contributed by atoms with E-state index in [-0.39, 0.29) is 33.1 Å². The molecule has 0 unspecified atom stereocenters. The first kappa shape index (κ1) is 29.3. The Bertz CT molecular complexity index is 1110. The molecule has 0 fully saturated rings. The first-order valence-electron chi connectivity index (χ1n) is 11.1. The zero-order valence-electron chi connectivity index (χ0n) is 21.6. The molecule has 0 saturated carbocycles. The van der Waals surface area contributed by atoms with Crippen molar-refractivity contribution in [3.63, 3.8) is 0 Å². The molecule has 0 radical (unpaired) electrons. The molecule has 0 atom stereocenters. The molecule has 0 saturated heterocycles. The summed E-state index contributed by atoms with van der Waals surface area (Å²) in [7, 11) is 0. The van der Waals surface area contributed by atoms with Crippen molar-refractivity contribution in [1.29, 1.82) is 0 Å². The standard InChI is InChI=1S/C14H15N3.C14H22O2.Ni/c1-10-7-11(2)14(12(3)8-10)17-9-13-15-5-4-6-16-13;1-13(2,3)9-7-10(14(4,5)6)12(16)11(15)8-9;/h4-9H,1-3H3;7-8,15-16H,1-6H3;/q;;+2/p-2. The van der Waals surface area contributed by atoms with Gasteiger partial charge in [0.25, 0.3) is 0 Å². The Morgan fingerprint density at radius 1 is 0.794 bits per heavy atom. The maximum absolute atomic E-state index is 11.8. The Morgan fingerprint density at radius 3 is 1.79 bits per heavy atom. The number of hydrogen-bond donors (Lipinski definition) is 0. The van der Waals surface area contributed by atoms with Gasteiger partial charge in [0.15, 0.2) is 5.82 Å². The molecule has 1 aromatic heterocycles. The second-order valence-electron chi connectivity index (χ2n) is 10.5. The third-order valence-electron chi connectivity index (χ3n) is 5.26. The summed E-state index contributed by atoms with van der Waals surface area (Å²) in [5, 5.41) is 23.4. The van der Waals surface area contributed by atoms with Gasteiger partial charge < -0.3 is 10.2 Å². The minimum Gasteiger partial charge on any atom is -0.873 e. The van der Waals surface area contributed by atoms with Crippen LogP contribution >= 0.6 is 0 Å². The van der Waals surface area contributed by atoms with Gasteiger partial charge in [-0.2, -0.15) is 0 Å². The maximum Gasteiger partial charge on any atom is 2.00 e. The molecule has 2 aromatic carbocycles. The molecular weight excluding hydrogens is 469 g/mol. The summed E-state index contributed by atoms with van der Waals surface area (Å²) in [4.78, 5) is 12.7. The van der Waals surface area contributed by atoms with Gasteiger partial charge in [0.1, 0.15) is 0 Å². The third-order valence-corrected chi connectivity index (χ3v) is 5.26. The Labute approximate surface area is 214 Å². The molecule has 6 heteroatoms. The fraction of sp³-hybridized carbons (Fsp3) is 0.393. The molecule has 0 spiro atoms. The number of aryl methyl sites for hydroxylation is 3. The van der Waals surface area contributed by atoms with Gasteiger partial charge in [-0.15, -0.1) is 11.5 Å². The summed E-state index contributed by atoms with van der Waals surface area (Å²) < 4.78 is 0. The van der Waals surface area contributed by atoms with Crippen LogP contribution < -0.4 is 10.2 Å². The van der Waals surface area contributed by atoms with E-state index >= 15 is 0 Å². The molecule has 5 nitrogen and oxygen atoms in total. The normalized spacial score (nSPS) is 11.6. The largest absolute Gasteiger partial charge is 2.00 e. The van der Waals surface area contributed by atoms with Crippen molar-refractivity contribution in [3.8, 4) is 11.5 Å². The van der Waals surface area contributed by atoms with E-state index in [9.17, 15) is 10.2 Å². The van der Waals surface area contributed by atoms with E-state index in [1.54, 1.807) is 24.7 Å². The number of rotatable bonds is 2. The fourth-order valence-corrected chi connectivity index (χ4v) is 3.47. The van der Waals surface area contributed by atoms with E-state index in [0.717, 1.165) is 11.3 Å². The average Bonchev–Trinajstić information content (AvgIpc) is 2.68. The maximum atomic E-state index is 11.8. The molecule has 1 heterocycles. The van der Waals surface area contributed by atoms with Gasteiger partial charge in [-0.05, 0) is 54.4 Å². The van der Waals surface area contributed by atoms with Gasteiger partial charge >= 0.3 is 16.5 Å². The summed E-state index contributed by atoms with van der Waals surface area (Å²) in [5.41, 5.74) is 5.78. The van der Waals surface area contributed by atoms with Gasteiger partial charge in [0.2, 0.25) is 0 Å². The predicted molar refractivity (Wildman–Crippen MR) is 133 cm³/mol. The van der Waals surface area contributed by atoms with Crippen LogP contribution in [0.4, 0.5) is 5.69 Å². The molecule has 0 aliphatic heterocycles. The topological polar surface area (TPSA) is 84.3 Å². The zero-order valence-corrected chi connectivity index (χ0v) is 22.6. The average molecular weight is 504 g/mol. The van der Waals surface area contributed by atoms with Gasteiger partial charge in [0, 0.05) is 12.4 Å². The van der Waals surface area contributed by atoms with Crippen LogP contribution in [0.1, 0.15) is 75.2 Å². The van der Waals surface area contributed by atoms with Gasteiger partial charge in [-0.25, -0.2) is 9.97 Å². The van der Waals surface area contributed by atoms with Crippen LogP contribution in [0.15, 0.2) is 47.7 Å². The first-order valence-corrected chi connectivity index (χ1v) is 11.1. The molecule has 0 N–H and O–H groups in total. The zero-order chi connectivity index (χ0) is 25.0. The Hall–Kier alpha value is -2.72. The number of nitrogens with zero attached hydrogens (tertiary/aromatic N) is 3. The summed E-state index contributed by atoms with van der Waals surface area (Å²) in [5.74, 6) is -0.121. The molecule has 0 aliphatic carbocycles. The van der Waals surface area contributed by atoms with Crippen molar-refractivity contribution >= 4 is 11.9 Å². The SMILES string of the molecule is CC(C)(C)c1cc([O-])c([O-])c(C(C)(C)C)c1.Cc1cc(C)c(N=Cc2ncccn2)c(C)c1.[Ni+2]. The van der Waals surface area contributed by atoms with Crippen LogP contribution in [0.5, 0.6) is 11.5 Å². The van der Waals surface area contributed by atoms with Crippen LogP contribution in [0.25, 0.3) is 0 Å². The number of aromatic nitrogens is 2. The van der Waals surface area contributed by atoms with Crippen LogP contribution in [0.2, 0.25) is 0 Å². The molecule has 0 aliphatic rings. The van der Waals surface area contributed by atoms with Crippen molar-refractivity contribution < 1.29 is 26.7 Å². The molecular formula is C28H35N3NiO2. The van der Waals surface area contributed by atoms with Gasteiger partial charge in [-0.3, -0.25) is 4.99 Å². The van der Waals surface area contributed by atoms with Crippen LogP contribution in [0.3, 0.4) is 0 Å². The molecule has 0 amide bonds. The van der Waals surface area contributed by atoms with Crippen LogP contribution in [-0.4, -0.2) is 16.2 Å². The molecule has 3 rings (SSSR count). The molecule has 0 bridgehead atoms. The minimum atomic E-state index is -0.391. The predicted octanol–water partition coefficient (Wildman–Crippen LogP) is 5.58. The van der Waals surface area contributed by atoms with E-state index in [0.29, 0.717) is 11.4 Å². The fourth-order valence-electron chi connectivity index (χ4n) is 3.47. The van der Waals surface area contributed by atoms with Crippen LogP contribution in [0, 0.1) is 20.8 Å². The Morgan fingerprint density at radius 2 is 1.32 bits per heavy atom. The first-order chi connectivity index (χ1) is 15.2. The molecule has 184 valence electrons. The number of aliphatic imine (C=N–C) groups is 1. The minimum absolute atomic E-state index is 0. The van der Waals surface area contributed by atoms with Gasteiger partial charge in [-0.1, -0.05) is 76.9 Å². The van der Waals surface area contributed by atoms with Gasteiger partial charge in [0.05, 0.1) is 11.9 Å². The summed E-state index contributed by atoms with van der Waals surface area (Å²) in [6.45, 7) is 18.2. The number of hydrogen-bond acceptors (Lipinski definition) is 5. The van der Waals surface area contributed by atoms with Crippen molar-refractivity contribution in [2.24, 2.45) is 4.99 Å². The third kappa shape index (κ3) is 7.95. The smallest absolute Gasteiger partial charge is 0.873 e. The van der Waals surface area contributed by atoms with E-state index < -0.39 is 5.75 Å². The van der Waals surface area contributed by atoms with Crippen molar-refractivity contribution in [1.82, 2.24) is 9.97 Å². The second kappa shape index (κ2) is 11.6. The van der Waals surface area contributed by atoms with E-state index in [1.165, 1.54) is 22.8 Å². The summed E-state index contributed by atoms with van der Waals surface area (Å²) >= 11 is 0. The van der Waals surface area contributed by atoms with E-state index in [4.69, 9.17) is 0 Å². The molecule has 3 aromatic rings. The quantitative estimate of drug-likeness (QED) is 0.337. The summed E-state index contributed by atoms with van der Waals surface area (Å²) in [6, 6.07) is 9.40. The van der Waals surface area contributed by atoms with Crippen LogP contribution in [-0.2, 0) is 27.3 Å². The van der Waals surface area contributed by atoms with Crippen molar-refractivity contribution in [3.05, 3.63) is 76.4 Å². The Kier molecular flexibility index (Phi) is 10.0. The van der Waals surface area contributed by atoms with E-state index in [2.05, 4.69) is 47.9 Å².